The van der Waals surface area contributed by atoms with Gasteiger partial charge >= 0.3 is 0 Å². The number of ether oxygens (including phenoxy) is 1. The summed E-state index contributed by atoms with van der Waals surface area (Å²) >= 11 is 0. The Hall–Kier alpha value is -1.33. The highest BCUT2D eigenvalue weighted by Gasteiger charge is 2.36. The summed E-state index contributed by atoms with van der Waals surface area (Å²) in [4.78, 5) is 13.8. The van der Waals surface area contributed by atoms with Gasteiger partial charge in [0.05, 0.1) is 26.3 Å². The molecule has 110 valence electrons. The van der Waals surface area contributed by atoms with E-state index < -0.39 is 0 Å². The van der Waals surface area contributed by atoms with E-state index in [4.69, 9.17) is 9.15 Å². The monoisotopic (exact) mass is 278 g/mol. The van der Waals surface area contributed by atoms with E-state index in [-0.39, 0.29) is 5.91 Å². The first-order chi connectivity index (χ1) is 9.74. The average Bonchev–Trinajstić information content (AvgIpc) is 3.01. The van der Waals surface area contributed by atoms with E-state index in [0.717, 1.165) is 17.4 Å². The lowest BCUT2D eigenvalue weighted by Gasteiger charge is -2.26. The van der Waals surface area contributed by atoms with Gasteiger partial charge in [-0.1, -0.05) is 6.92 Å². The third-order valence-corrected chi connectivity index (χ3v) is 4.10. The third-order valence-electron chi connectivity index (χ3n) is 4.10. The van der Waals surface area contributed by atoms with Crippen molar-refractivity contribution in [3.8, 4) is 0 Å². The van der Waals surface area contributed by atoms with E-state index in [1.165, 1.54) is 6.42 Å². The second kappa shape index (κ2) is 5.97. The first-order valence-corrected chi connectivity index (χ1v) is 7.39. The number of carbonyl (C=O) groups excluding carboxylic acids is 1. The van der Waals surface area contributed by atoms with Gasteiger partial charge in [0.2, 0.25) is 5.91 Å². The summed E-state index contributed by atoms with van der Waals surface area (Å²) in [6.07, 6.45) is 1.23. The molecule has 0 aromatic carbocycles. The fourth-order valence-electron chi connectivity index (χ4n) is 2.62. The minimum atomic E-state index is 0.135. The smallest absolute Gasteiger partial charge is 0.236 e. The summed E-state index contributed by atoms with van der Waals surface area (Å²) in [6.45, 7) is 5.90. The molecule has 1 N–H and O–H groups in total. The topological polar surface area (TPSA) is 54.7 Å². The highest BCUT2D eigenvalue weighted by molar-refractivity contribution is 5.78. The van der Waals surface area contributed by atoms with E-state index in [1.54, 1.807) is 0 Å². The number of nitrogens with one attached hydrogen (secondary N) is 1. The SMILES string of the molecule is CC1CC1c1ccc(CNCC(=O)N2CCOCC2)o1. The molecular weight excluding hydrogens is 256 g/mol. The molecule has 20 heavy (non-hydrogen) atoms. The van der Waals surface area contributed by atoms with E-state index in [2.05, 4.69) is 18.3 Å². The summed E-state index contributed by atoms with van der Waals surface area (Å²) < 4.78 is 11.0. The molecule has 0 spiro atoms. The zero-order chi connectivity index (χ0) is 13.9. The molecule has 1 saturated heterocycles. The number of hydrogen-bond acceptors (Lipinski definition) is 4. The van der Waals surface area contributed by atoms with Gasteiger partial charge in [-0.3, -0.25) is 4.79 Å². The van der Waals surface area contributed by atoms with Crippen LogP contribution >= 0.6 is 0 Å². The standard InChI is InChI=1S/C15H22N2O3/c1-11-8-13(11)14-3-2-12(20-14)9-16-10-15(18)17-4-6-19-7-5-17/h2-3,11,13,16H,4-10H2,1H3. The molecule has 2 fully saturated rings. The van der Waals surface area contributed by atoms with Crippen LogP contribution in [0.1, 0.15) is 30.8 Å². The molecule has 5 heteroatoms. The van der Waals surface area contributed by atoms with Crippen LogP contribution in [0.2, 0.25) is 0 Å². The quantitative estimate of drug-likeness (QED) is 0.883. The van der Waals surface area contributed by atoms with Gasteiger partial charge < -0.3 is 19.4 Å². The summed E-state index contributed by atoms with van der Waals surface area (Å²) in [6, 6.07) is 4.07. The van der Waals surface area contributed by atoms with Crippen molar-refractivity contribution in [1.82, 2.24) is 10.2 Å². The maximum atomic E-state index is 11.9. The molecule has 1 aliphatic carbocycles. The normalized spacial score (nSPS) is 25.8. The van der Waals surface area contributed by atoms with Crippen LogP contribution in [-0.2, 0) is 16.1 Å². The number of carbonyl (C=O) groups is 1. The van der Waals surface area contributed by atoms with E-state index in [1.807, 2.05) is 11.0 Å². The summed E-state index contributed by atoms with van der Waals surface area (Å²) in [5, 5.41) is 3.16. The Morgan fingerprint density at radius 2 is 2.15 bits per heavy atom. The summed E-state index contributed by atoms with van der Waals surface area (Å²) in [5.41, 5.74) is 0. The Kier molecular flexibility index (Phi) is 4.08. The number of hydrogen-bond donors (Lipinski definition) is 1. The second-order valence-corrected chi connectivity index (χ2v) is 5.72. The van der Waals surface area contributed by atoms with E-state index in [9.17, 15) is 4.79 Å². The molecule has 0 radical (unpaired) electrons. The molecular formula is C15H22N2O3. The lowest BCUT2D eigenvalue weighted by molar-refractivity contribution is -0.134. The Labute approximate surface area is 119 Å². The van der Waals surface area contributed by atoms with Gasteiger partial charge in [0, 0.05) is 19.0 Å². The Morgan fingerprint density at radius 1 is 1.40 bits per heavy atom. The number of rotatable bonds is 5. The van der Waals surface area contributed by atoms with Crippen molar-refractivity contribution in [2.24, 2.45) is 5.92 Å². The van der Waals surface area contributed by atoms with Gasteiger partial charge in [-0.2, -0.15) is 0 Å². The van der Waals surface area contributed by atoms with Crippen molar-refractivity contribution < 1.29 is 13.9 Å². The maximum Gasteiger partial charge on any atom is 0.236 e. The third kappa shape index (κ3) is 3.22. The lowest BCUT2D eigenvalue weighted by Crippen LogP contribution is -2.44. The molecule has 1 aromatic heterocycles. The molecule has 1 aliphatic heterocycles. The first-order valence-electron chi connectivity index (χ1n) is 7.39. The van der Waals surface area contributed by atoms with Gasteiger partial charge in [-0.15, -0.1) is 0 Å². The van der Waals surface area contributed by atoms with Crippen LogP contribution in [0.5, 0.6) is 0 Å². The van der Waals surface area contributed by atoms with Crippen molar-refractivity contribution >= 4 is 5.91 Å². The predicted octanol–water partition coefficient (Wildman–Crippen LogP) is 1.35. The minimum Gasteiger partial charge on any atom is -0.464 e. The first kappa shape index (κ1) is 13.6. The molecule has 1 amide bonds. The maximum absolute atomic E-state index is 11.9. The van der Waals surface area contributed by atoms with Gasteiger partial charge in [0.15, 0.2) is 0 Å². The Bertz CT molecular complexity index is 465. The van der Waals surface area contributed by atoms with Crippen LogP contribution < -0.4 is 5.32 Å². The second-order valence-electron chi connectivity index (χ2n) is 5.72. The molecule has 2 atom stereocenters. The molecule has 2 aliphatic rings. The van der Waals surface area contributed by atoms with Crippen LogP contribution in [-0.4, -0.2) is 43.7 Å². The van der Waals surface area contributed by atoms with E-state index >= 15 is 0 Å². The Balaban J connectivity index is 1.40. The molecule has 3 rings (SSSR count). The van der Waals surface area contributed by atoms with Crippen LogP contribution in [0.25, 0.3) is 0 Å². The van der Waals surface area contributed by atoms with Crippen LogP contribution in [0.15, 0.2) is 16.5 Å². The van der Waals surface area contributed by atoms with Gasteiger partial charge in [-0.05, 0) is 24.5 Å². The fraction of sp³-hybridized carbons (Fsp3) is 0.667. The van der Waals surface area contributed by atoms with Crippen molar-refractivity contribution in [3.05, 3.63) is 23.7 Å². The van der Waals surface area contributed by atoms with Crippen LogP contribution in [0.3, 0.4) is 0 Å². The Morgan fingerprint density at radius 3 is 2.85 bits per heavy atom. The number of morpholine rings is 1. The van der Waals surface area contributed by atoms with E-state index in [0.29, 0.717) is 45.3 Å². The van der Waals surface area contributed by atoms with Crippen molar-refractivity contribution in [2.75, 3.05) is 32.8 Å². The number of amides is 1. The van der Waals surface area contributed by atoms with Crippen molar-refractivity contribution in [2.45, 2.75) is 25.8 Å². The molecule has 1 saturated carbocycles. The highest BCUT2D eigenvalue weighted by Crippen LogP contribution is 2.47. The summed E-state index contributed by atoms with van der Waals surface area (Å²) in [7, 11) is 0. The summed E-state index contributed by atoms with van der Waals surface area (Å²) in [5.74, 6) is 3.50. The zero-order valence-electron chi connectivity index (χ0n) is 11.9. The molecule has 2 heterocycles. The molecule has 0 bridgehead atoms. The van der Waals surface area contributed by atoms with Gasteiger partial charge in [0.25, 0.3) is 0 Å². The predicted molar refractivity (Wildman–Crippen MR) is 74.3 cm³/mol. The van der Waals surface area contributed by atoms with Crippen LogP contribution in [0, 0.1) is 5.92 Å². The van der Waals surface area contributed by atoms with Gasteiger partial charge in [-0.25, -0.2) is 0 Å². The van der Waals surface area contributed by atoms with Crippen molar-refractivity contribution in [3.63, 3.8) is 0 Å². The minimum absolute atomic E-state index is 0.135. The molecule has 2 unspecified atom stereocenters. The highest BCUT2D eigenvalue weighted by atomic mass is 16.5. The number of nitrogens with zero attached hydrogens (tertiary/aromatic N) is 1. The molecule has 1 aromatic rings. The largest absolute Gasteiger partial charge is 0.464 e. The lowest BCUT2D eigenvalue weighted by atomic mass is 10.3. The fourth-order valence-corrected chi connectivity index (χ4v) is 2.62. The van der Waals surface area contributed by atoms with Gasteiger partial charge in [0.1, 0.15) is 11.5 Å². The average molecular weight is 278 g/mol. The van der Waals surface area contributed by atoms with Crippen molar-refractivity contribution in [1.29, 1.82) is 0 Å². The molecule has 5 nitrogen and oxygen atoms in total. The number of furan rings is 1. The zero-order valence-corrected chi connectivity index (χ0v) is 11.9. The van der Waals surface area contributed by atoms with Crippen LogP contribution in [0.4, 0.5) is 0 Å².